The van der Waals surface area contributed by atoms with E-state index in [1.54, 1.807) is 0 Å². The second kappa shape index (κ2) is 67.1. The Morgan fingerprint density at radius 1 is 0.266 bits per heavy atom. The zero-order valence-corrected chi connectivity index (χ0v) is 52.4. The van der Waals surface area contributed by atoms with E-state index in [0.29, 0.717) is 19.3 Å². The number of ether oxygens (including phenoxy) is 3. The standard InChI is InChI=1S/C73H128O6/c1-4-7-10-13-15-17-19-21-23-25-27-29-30-31-32-33-34-35-36-37-38-39-40-41-42-44-45-47-49-51-53-55-57-60-63-66-72(75)78-69-70(68-77-71(74)65-62-59-12-9-6-3)79-73(76)67-64-61-58-56-54-52-50-48-46-43-28-26-24-22-20-18-16-14-11-8-5-2/h8,11,16,18-19,21-22,24-25,27-28,43,48,50,70H,4-7,9-10,12-15,17,20,23,26,29-42,44-47,49,51-69H2,1-3H3/b11-8-,18-16-,21-19-,24-22-,27-25-,43-28-,50-48-. The van der Waals surface area contributed by atoms with Crippen LogP contribution >= 0.6 is 0 Å². The van der Waals surface area contributed by atoms with E-state index in [9.17, 15) is 14.4 Å². The first kappa shape index (κ1) is 75.6. The van der Waals surface area contributed by atoms with Crippen molar-refractivity contribution in [2.24, 2.45) is 0 Å². The third-order valence-electron chi connectivity index (χ3n) is 14.9. The van der Waals surface area contributed by atoms with E-state index in [-0.39, 0.29) is 31.1 Å². The highest BCUT2D eigenvalue weighted by Gasteiger charge is 2.19. The number of rotatable bonds is 62. The fourth-order valence-corrected chi connectivity index (χ4v) is 9.80. The van der Waals surface area contributed by atoms with Crippen LogP contribution in [0.2, 0.25) is 0 Å². The molecule has 456 valence electrons. The molecule has 6 nitrogen and oxygen atoms in total. The lowest BCUT2D eigenvalue weighted by Gasteiger charge is -2.18. The Morgan fingerprint density at radius 3 is 0.772 bits per heavy atom. The molecule has 0 saturated carbocycles. The normalized spacial score (nSPS) is 12.6. The van der Waals surface area contributed by atoms with Crippen LogP contribution < -0.4 is 0 Å². The molecule has 0 radical (unpaired) electrons. The molecule has 0 aliphatic heterocycles. The van der Waals surface area contributed by atoms with Gasteiger partial charge in [0, 0.05) is 19.3 Å². The summed E-state index contributed by atoms with van der Waals surface area (Å²) in [5.74, 6) is -0.903. The highest BCUT2D eigenvalue weighted by atomic mass is 16.6. The van der Waals surface area contributed by atoms with Crippen molar-refractivity contribution in [1.82, 2.24) is 0 Å². The monoisotopic (exact) mass is 1100 g/mol. The number of allylic oxidation sites excluding steroid dienone is 14. The predicted octanol–water partition coefficient (Wildman–Crippen LogP) is 23.4. The quantitative estimate of drug-likeness (QED) is 0.0261. The van der Waals surface area contributed by atoms with Gasteiger partial charge in [-0.2, -0.15) is 0 Å². The molecule has 6 heteroatoms. The molecule has 0 aromatic rings. The summed E-state index contributed by atoms with van der Waals surface area (Å²) in [4.78, 5) is 37.9. The largest absolute Gasteiger partial charge is 0.462 e. The summed E-state index contributed by atoms with van der Waals surface area (Å²) >= 11 is 0. The van der Waals surface area contributed by atoms with Crippen molar-refractivity contribution in [1.29, 1.82) is 0 Å². The highest BCUT2D eigenvalue weighted by Crippen LogP contribution is 2.17. The molecule has 0 heterocycles. The fraction of sp³-hybridized carbons (Fsp3) is 0.767. The molecule has 0 rings (SSSR count). The molecule has 0 aromatic carbocycles. The third kappa shape index (κ3) is 65.3. The number of unbranched alkanes of at least 4 members (excludes halogenated alkanes) is 37. The van der Waals surface area contributed by atoms with E-state index < -0.39 is 6.10 Å². The van der Waals surface area contributed by atoms with Crippen LogP contribution in [0.1, 0.15) is 342 Å². The molecule has 1 unspecified atom stereocenters. The van der Waals surface area contributed by atoms with E-state index >= 15 is 0 Å². The van der Waals surface area contributed by atoms with Gasteiger partial charge in [0.25, 0.3) is 0 Å². The van der Waals surface area contributed by atoms with Crippen LogP contribution in [0.15, 0.2) is 85.1 Å². The minimum Gasteiger partial charge on any atom is -0.462 e. The van der Waals surface area contributed by atoms with Crippen LogP contribution in [0.3, 0.4) is 0 Å². The molecule has 0 amide bonds. The van der Waals surface area contributed by atoms with Gasteiger partial charge in [0.15, 0.2) is 6.10 Å². The van der Waals surface area contributed by atoms with Gasteiger partial charge in [-0.05, 0) is 96.3 Å². The minimum absolute atomic E-state index is 0.0816. The van der Waals surface area contributed by atoms with E-state index in [0.717, 1.165) is 122 Å². The molecule has 0 aliphatic carbocycles. The first-order valence-electron chi connectivity index (χ1n) is 34.1. The van der Waals surface area contributed by atoms with Gasteiger partial charge in [-0.3, -0.25) is 14.4 Å². The Labute approximate surface area is 490 Å². The van der Waals surface area contributed by atoms with E-state index in [1.807, 2.05) is 0 Å². The zero-order chi connectivity index (χ0) is 57.1. The molecule has 1 atom stereocenters. The average molecular weight is 1100 g/mol. The van der Waals surface area contributed by atoms with Crippen molar-refractivity contribution in [3.05, 3.63) is 85.1 Å². The Morgan fingerprint density at radius 2 is 0.494 bits per heavy atom. The summed E-state index contributed by atoms with van der Waals surface area (Å²) in [7, 11) is 0. The molecule has 0 aliphatic rings. The molecule has 0 fully saturated rings. The Hall–Kier alpha value is -3.41. The second-order valence-electron chi connectivity index (χ2n) is 22.7. The topological polar surface area (TPSA) is 78.9 Å². The van der Waals surface area contributed by atoms with Crippen molar-refractivity contribution >= 4 is 17.9 Å². The lowest BCUT2D eigenvalue weighted by atomic mass is 10.0. The number of carbonyl (C=O) groups is 3. The maximum absolute atomic E-state index is 12.8. The van der Waals surface area contributed by atoms with Crippen LogP contribution in [0.25, 0.3) is 0 Å². The summed E-state index contributed by atoms with van der Waals surface area (Å²) in [5.41, 5.74) is 0. The molecular formula is C73H128O6. The lowest BCUT2D eigenvalue weighted by Crippen LogP contribution is -2.30. The predicted molar refractivity (Wildman–Crippen MR) is 344 cm³/mol. The third-order valence-corrected chi connectivity index (χ3v) is 14.9. The van der Waals surface area contributed by atoms with Crippen molar-refractivity contribution in [2.75, 3.05) is 13.2 Å². The van der Waals surface area contributed by atoms with Crippen molar-refractivity contribution < 1.29 is 28.6 Å². The summed E-state index contributed by atoms with van der Waals surface area (Å²) in [6, 6.07) is 0. The van der Waals surface area contributed by atoms with Gasteiger partial charge in [0.1, 0.15) is 13.2 Å². The van der Waals surface area contributed by atoms with E-state index in [4.69, 9.17) is 14.2 Å². The summed E-state index contributed by atoms with van der Waals surface area (Å²) < 4.78 is 16.8. The van der Waals surface area contributed by atoms with Crippen LogP contribution in [0.5, 0.6) is 0 Å². The summed E-state index contributed by atoms with van der Waals surface area (Å²) in [5, 5.41) is 0. The molecule has 0 spiro atoms. The van der Waals surface area contributed by atoms with Crippen molar-refractivity contribution in [2.45, 2.75) is 348 Å². The van der Waals surface area contributed by atoms with Gasteiger partial charge in [-0.25, -0.2) is 0 Å². The summed E-state index contributed by atoms with van der Waals surface area (Å²) in [6.45, 7) is 6.45. The molecular weight excluding hydrogens is 973 g/mol. The van der Waals surface area contributed by atoms with Gasteiger partial charge < -0.3 is 14.2 Å². The smallest absolute Gasteiger partial charge is 0.306 e. The van der Waals surface area contributed by atoms with E-state index in [1.165, 1.54) is 180 Å². The maximum atomic E-state index is 12.8. The Kier molecular flexibility index (Phi) is 64.2. The van der Waals surface area contributed by atoms with Gasteiger partial charge >= 0.3 is 17.9 Å². The Balaban J connectivity index is 3.93. The molecule has 0 bridgehead atoms. The SMILES string of the molecule is CC/C=C\C/C=C\C/C=C\C/C=C\C/C=C\CCCCCCCC(=O)OC(COC(=O)CCCCCCC)COC(=O)CCCCCCCCCCCCCCCCCCCCCCCCC/C=C\C/C=C\CCCCCCC. The molecule has 79 heavy (non-hydrogen) atoms. The van der Waals surface area contributed by atoms with Crippen molar-refractivity contribution in [3.8, 4) is 0 Å². The summed E-state index contributed by atoms with van der Waals surface area (Å²) in [6.07, 6.45) is 89.6. The molecule has 0 N–H and O–H groups in total. The van der Waals surface area contributed by atoms with Gasteiger partial charge in [-0.1, -0.05) is 311 Å². The molecule has 0 saturated heterocycles. The number of hydrogen-bond acceptors (Lipinski definition) is 6. The second-order valence-corrected chi connectivity index (χ2v) is 22.7. The fourth-order valence-electron chi connectivity index (χ4n) is 9.80. The minimum atomic E-state index is -0.783. The Bertz CT molecular complexity index is 1500. The number of hydrogen-bond donors (Lipinski definition) is 0. The number of carbonyl (C=O) groups excluding carboxylic acids is 3. The van der Waals surface area contributed by atoms with Gasteiger partial charge in [0.05, 0.1) is 0 Å². The van der Waals surface area contributed by atoms with Crippen LogP contribution in [0.4, 0.5) is 0 Å². The molecule has 0 aromatic heterocycles. The van der Waals surface area contributed by atoms with Gasteiger partial charge in [-0.15, -0.1) is 0 Å². The maximum Gasteiger partial charge on any atom is 0.306 e. The van der Waals surface area contributed by atoms with Crippen molar-refractivity contribution in [3.63, 3.8) is 0 Å². The first-order valence-corrected chi connectivity index (χ1v) is 34.1. The van der Waals surface area contributed by atoms with E-state index in [2.05, 4.69) is 106 Å². The van der Waals surface area contributed by atoms with Crippen LogP contribution in [0, 0.1) is 0 Å². The average Bonchev–Trinajstić information content (AvgIpc) is 3.45. The van der Waals surface area contributed by atoms with Crippen LogP contribution in [-0.4, -0.2) is 37.2 Å². The van der Waals surface area contributed by atoms with Gasteiger partial charge in [0.2, 0.25) is 0 Å². The highest BCUT2D eigenvalue weighted by molar-refractivity contribution is 5.71. The lowest BCUT2D eigenvalue weighted by molar-refractivity contribution is -0.167. The van der Waals surface area contributed by atoms with Crippen LogP contribution in [-0.2, 0) is 28.6 Å². The zero-order valence-electron chi connectivity index (χ0n) is 52.4. The first-order chi connectivity index (χ1) is 39.0. The number of esters is 3.